The fourth-order valence-electron chi connectivity index (χ4n) is 0.895. The number of hydrogen-bond donors (Lipinski definition) is 2. The fourth-order valence-corrected chi connectivity index (χ4v) is 1.11. The van der Waals surface area contributed by atoms with Crippen LogP contribution in [0.4, 0.5) is 0 Å². The lowest BCUT2D eigenvalue weighted by atomic mass is 10.1. The van der Waals surface area contributed by atoms with E-state index in [0.29, 0.717) is 0 Å². The molecule has 1 amide bonds. The highest BCUT2D eigenvalue weighted by molar-refractivity contribution is 6.33. The van der Waals surface area contributed by atoms with Crippen molar-refractivity contribution in [2.75, 3.05) is 0 Å². The van der Waals surface area contributed by atoms with Crippen LogP contribution in [0.1, 0.15) is 15.9 Å². The van der Waals surface area contributed by atoms with Gasteiger partial charge in [0.2, 0.25) is 6.29 Å². The summed E-state index contributed by atoms with van der Waals surface area (Å²) in [5.74, 6) is 4.34. The third-order valence-electron chi connectivity index (χ3n) is 1.49. The molecule has 0 saturated carbocycles. The highest BCUT2D eigenvalue weighted by Crippen LogP contribution is 2.17. The number of rotatable bonds is 2. The average Bonchev–Trinajstić information content (AvgIpc) is 2.16. The van der Waals surface area contributed by atoms with Crippen molar-refractivity contribution in [2.24, 2.45) is 5.84 Å². The number of carbonyl (C=O) groups is 1. The number of amides is 1. The lowest BCUT2D eigenvalue weighted by Crippen LogP contribution is -2.30. The molecule has 13 heavy (non-hydrogen) atoms. The summed E-state index contributed by atoms with van der Waals surface area (Å²) in [4.78, 5) is 21.5. The minimum absolute atomic E-state index is 0.0205. The van der Waals surface area contributed by atoms with E-state index in [1.807, 2.05) is 5.43 Å². The minimum Gasteiger partial charge on any atom is -0.290 e. The number of benzene rings is 1. The summed E-state index contributed by atoms with van der Waals surface area (Å²) in [6.45, 7) is 0. The third-order valence-corrected chi connectivity index (χ3v) is 1.81. The lowest BCUT2D eigenvalue weighted by molar-refractivity contribution is 0.0953. The Bertz CT molecular complexity index is 352. The number of hydrogen-bond acceptors (Lipinski definition) is 3. The van der Waals surface area contributed by atoms with E-state index >= 15 is 0 Å². The summed E-state index contributed by atoms with van der Waals surface area (Å²) in [5.41, 5.74) is 2.04. The summed E-state index contributed by atoms with van der Waals surface area (Å²) in [6, 6.07) is 4.48. The van der Waals surface area contributed by atoms with Gasteiger partial charge in [-0.05, 0) is 12.1 Å². The van der Waals surface area contributed by atoms with Gasteiger partial charge in [0, 0.05) is 0 Å². The van der Waals surface area contributed by atoms with E-state index in [1.54, 1.807) is 12.4 Å². The van der Waals surface area contributed by atoms with Gasteiger partial charge in [-0.25, -0.2) is 5.84 Å². The Hall–Kier alpha value is -1.39. The number of nitrogen functional groups attached to an aromatic ring is 1. The van der Waals surface area contributed by atoms with Crippen molar-refractivity contribution in [2.45, 2.75) is 0 Å². The molecule has 3 N–H and O–H groups in total. The first-order valence-corrected chi connectivity index (χ1v) is 3.76. The Morgan fingerprint density at radius 1 is 1.54 bits per heavy atom. The summed E-state index contributed by atoms with van der Waals surface area (Å²) in [7, 11) is 0. The normalized spacial score (nSPS) is 9.38. The molecular weight excluding hydrogens is 192 g/mol. The number of carbonyl (C=O) groups excluding carboxylic acids is 2. The van der Waals surface area contributed by atoms with Crippen LogP contribution >= 0.6 is 11.6 Å². The molecule has 0 aliphatic carbocycles. The first-order valence-electron chi connectivity index (χ1n) is 3.38. The maximum absolute atomic E-state index is 11.1. The molecule has 67 valence electrons. The van der Waals surface area contributed by atoms with Crippen molar-refractivity contribution < 1.29 is 9.59 Å². The van der Waals surface area contributed by atoms with Crippen molar-refractivity contribution >= 4 is 23.8 Å². The fraction of sp³-hybridized carbons (Fsp3) is 0. The van der Waals surface area contributed by atoms with E-state index in [1.165, 1.54) is 12.1 Å². The van der Waals surface area contributed by atoms with Gasteiger partial charge in [-0.1, -0.05) is 17.7 Å². The number of halogens is 1. The van der Waals surface area contributed by atoms with Crippen LogP contribution in [0.2, 0.25) is 5.02 Å². The maximum Gasteiger partial charge on any atom is 0.265 e. The predicted molar refractivity (Wildman–Crippen MR) is 47.9 cm³/mol. The standard InChI is InChI=1S/C8H6ClN2O2/c9-7-3-1-2-5(6(7)4-12)8(13)11-10/h1-3H,10H2,(H,11,13). The van der Waals surface area contributed by atoms with Crippen LogP contribution in [0.5, 0.6) is 0 Å². The molecule has 0 bridgehead atoms. The van der Waals surface area contributed by atoms with E-state index < -0.39 is 5.91 Å². The monoisotopic (exact) mass is 197 g/mol. The van der Waals surface area contributed by atoms with Crippen LogP contribution in [-0.4, -0.2) is 12.2 Å². The molecule has 1 rings (SSSR count). The molecule has 5 heteroatoms. The van der Waals surface area contributed by atoms with Gasteiger partial charge in [0.25, 0.3) is 5.91 Å². The minimum atomic E-state index is -0.569. The SMILES string of the molecule is NNC(=O)c1cccc(Cl)c1[C]=O. The number of hydrazine groups is 1. The lowest BCUT2D eigenvalue weighted by Gasteiger charge is -2.02. The Balaban J connectivity index is 3.28. The Morgan fingerprint density at radius 3 is 2.77 bits per heavy atom. The highest BCUT2D eigenvalue weighted by Gasteiger charge is 2.12. The molecule has 0 fully saturated rings. The van der Waals surface area contributed by atoms with E-state index in [-0.39, 0.29) is 16.1 Å². The third kappa shape index (κ3) is 1.85. The molecule has 0 spiro atoms. The molecule has 0 heterocycles. The molecule has 0 unspecified atom stereocenters. The van der Waals surface area contributed by atoms with Gasteiger partial charge in [-0.2, -0.15) is 0 Å². The topological polar surface area (TPSA) is 72.2 Å². The van der Waals surface area contributed by atoms with Crippen LogP contribution in [0.25, 0.3) is 0 Å². The van der Waals surface area contributed by atoms with Crippen molar-refractivity contribution in [1.82, 2.24) is 5.43 Å². The zero-order valence-electron chi connectivity index (χ0n) is 6.50. The smallest absolute Gasteiger partial charge is 0.265 e. The van der Waals surface area contributed by atoms with Crippen LogP contribution in [0.15, 0.2) is 18.2 Å². The maximum atomic E-state index is 11.1. The Kier molecular flexibility index (Phi) is 3.00. The van der Waals surface area contributed by atoms with Gasteiger partial charge in [0.1, 0.15) is 0 Å². The largest absolute Gasteiger partial charge is 0.290 e. The van der Waals surface area contributed by atoms with Crippen molar-refractivity contribution in [1.29, 1.82) is 0 Å². The van der Waals surface area contributed by atoms with Crippen molar-refractivity contribution in [3.8, 4) is 0 Å². The molecule has 1 radical (unpaired) electrons. The summed E-state index contributed by atoms with van der Waals surface area (Å²) >= 11 is 5.65. The molecule has 0 aliphatic heterocycles. The quantitative estimate of drug-likeness (QED) is 0.410. The van der Waals surface area contributed by atoms with Crippen LogP contribution in [-0.2, 0) is 4.79 Å². The molecule has 0 saturated heterocycles. The van der Waals surface area contributed by atoms with E-state index in [9.17, 15) is 9.59 Å². The van der Waals surface area contributed by atoms with E-state index in [0.717, 1.165) is 0 Å². The molecule has 0 aliphatic rings. The molecular formula is C8H6ClN2O2. The average molecular weight is 198 g/mol. The number of nitrogens with two attached hydrogens (primary N) is 1. The Morgan fingerprint density at radius 2 is 2.23 bits per heavy atom. The highest BCUT2D eigenvalue weighted by atomic mass is 35.5. The molecule has 1 aromatic rings. The zero-order chi connectivity index (χ0) is 9.84. The van der Waals surface area contributed by atoms with Crippen LogP contribution in [0.3, 0.4) is 0 Å². The van der Waals surface area contributed by atoms with Gasteiger partial charge >= 0.3 is 0 Å². The van der Waals surface area contributed by atoms with Gasteiger partial charge in [0.15, 0.2) is 0 Å². The summed E-state index contributed by atoms with van der Waals surface area (Å²) in [6.07, 6.45) is 1.58. The van der Waals surface area contributed by atoms with E-state index in [4.69, 9.17) is 17.4 Å². The van der Waals surface area contributed by atoms with Crippen LogP contribution < -0.4 is 11.3 Å². The molecule has 4 nitrogen and oxygen atoms in total. The first-order chi connectivity index (χ1) is 6.20. The second-order valence-electron chi connectivity index (χ2n) is 2.24. The predicted octanol–water partition coefficient (Wildman–Crippen LogP) is 0.401. The number of nitrogens with one attached hydrogen (secondary N) is 1. The molecule has 0 aromatic heterocycles. The Labute approximate surface area is 79.6 Å². The second-order valence-corrected chi connectivity index (χ2v) is 2.65. The summed E-state index contributed by atoms with van der Waals surface area (Å²) in [5, 5.41) is 0.177. The van der Waals surface area contributed by atoms with Gasteiger partial charge < -0.3 is 0 Å². The molecule has 1 aromatic carbocycles. The van der Waals surface area contributed by atoms with Crippen molar-refractivity contribution in [3.63, 3.8) is 0 Å². The summed E-state index contributed by atoms with van der Waals surface area (Å²) < 4.78 is 0. The second kappa shape index (κ2) is 4.02. The molecule has 0 atom stereocenters. The van der Waals surface area contributed by atoms with Gasteiger partial charge in [-0.15, -0.1) is 0 Å². The van der Waals surface area contributed by atoms with Gasteiger partial charge in [-0.3, -0.25) is 15.0 Å². The van der Waals surface area contributed by atoms with Crippen LogP contribution in [0, 0.1) is 0 Å². The van der Waals surface area contributed by atoms with E-state index in [2.05, 4.69) is 0 Å². The van der Waals surface area contributed by atoms with Crippen molar-refractivity contribution in [3.05, 3.63) is 34.3 Å². The zero-order valence-corrected chi connectivity index (χ0v) is 7.26. The first kappa shape index (κ1) is 9.70. The van der Waals surface area contributed by atoms with Gasteiger partial charge in [0.05, 0.1) is 16.1 Å².